The number of carbonyl (C=O) groups excluding carboxylic acids is 1. The summed E-state index contributed by atoms with van der Waals surface area (Å²) in [4.78, 5) is 20.6. The van der Waals surface area contributed by atoms with Gasteiger partial charge in [0.2, 0.25) is 0 Å². The number of aromatic nitrogens is 1. The largest absolute Gasteiger partial charge is 0.370 e. The molecule has 1 spiro atoms. The summed E-state index contributed by atoms with van der Waals surface area (Å²) >= 11 is 3.35. The van der Waals surface area contributed by atoms with Crippen molar-refractivity contribution in [2.24, 2.45) is 0 Å². The summed E-state index contributed by atoms with van der Waals surface area (Å²) in [6, 6.07) is 2.08. The number of aryl methyl sites for hydroxylation is 2. The topological polar surface area (TPSA) is 63.2 Å². The van der Waals surface area contributed by atoms with E-state index in [1.165, 1.54) is 15.3 Å². The summed E-state index contributed by atoms with van der Waals surface area (Å²) in [6.07, 6.45) is 3.68. The maximum absolute atomic E-state index is 12.6. The van der Waals surface area contributed by atoms with Gasteiger partial charge in [-0.25, -0.2) is 4.98 Å². The van der Waals surface area contributed by atoms with E-state index in [2.05, 4.69) is 28.6 Å². The molecule has 2 aliphatic heterocycles. The van der Waals surface area contributed by atoms with Crippen LogP contribution in [0.15, 0.2) is 6.07 Å². The Bertz CT molecular complexity index is 786. The Morgan fingerprint density at radius 3 is 2.88 bits per heavy atom. The molecule has 5 nitrogen and oxygen atoms in total. The number of ether oxygens (including phenoxy) is 1. The van der Waals surface area contributed by atoms with Crippen LogP contribution in [-0.4, -0.2) is 37.1 Å². The first kappa shape index (κ1) is 18.1. The molecule has 0 aliphatic carbocycles. The summed E-state index contributed by atoms with van der Waals surface area (Å²) in [7, 11) is 0. The Hall–Kier alpha value is -1.28. The zero-order chi connectivity index (χ0) is 18.1. The second kappa shape index (κ2) is 7.38. The minimum Gasteiger partial charge on any atom is -0.370 e. The molecule has 140 valence electrons. The number of hydrogen-bond donors (Lipinski definition) is 2. The molecule has 1 fully saturated rings. The molecule has 1 saturated heterocycles. The van der Waals surface area contributed by atoms with E-state index in [-0.39, 0.29) is 11.5 Å². The van der Waals surface area contributed by atoms with Gasteiger partial charge in [-0.2, -0.15) is 0 Å². The van der Waals surface area contributed by atoms with Crippen molar-refractivity contribution in [3.63, 3.8) is 0 Å². The Labute approximate surface area is 162 Å². The van der Waals surface area contributed by atoms with Crippen molar-refractivity contribution in [1.82, 2.24) is 15.6 Å². The lowest BCUT2D eigenvalue weighted by Gasteiger charge is -2.40. The number of thiazole rings is 1. The number of hydrogen-bond acceptors (Lipinski definition) is 6. The SMILES string of the molecule is Cc1nc(CCNC(=O)c2cc3c(s2)CCOC32CCNCC2)sc1C. The quantitative estimate of drug-likeness (QED) is 0.841. The molecule has 4 rings (SSSR count). The van der Waals surface area contributed by atoms with Gasteiger partial charge in [0.25, 0.3) is 5.91 Å². The third-order valence-corrected chi connectivity index (χ3v) is 7.67. The van der Waals surface area contributed by atoms with Crippen molar-refractivity contribution in [3.05, 3.63) is 37.0 Å². The molecule has 0 atom stereocenters. The van der Waals surface area contributed by atoms with Crippen LogP contribution < -0.4 is 10.6 Å². The molecule has 7 heteroatoms. The van der Waals surface area contributed by atoms with Gasteiger partial charge in [0.15, 0.2) is 0 Å². The lowest BCUT2D eigenvalue weighted by molar-refractivity contribution is -0.0792. The first-order valence-electron chi connectivity index (χ1n) is 9.26. The van der Waals surface area contributed by atoms with Gasteiger partial charge in [-0.1, -0.05) is 0 Å². The predicted octanol–water partition coefficient (Wildman–Crippen LogP) is 2.95. The zero-order valence-corrected chi connectivity index (χ0v) is 16.9. The number of amides is 1. The first-order valence-corrected chi connectivity index (χ1v) is 10.9. The van der Waals surface area contributed by atoms with Crippen molar-refractivity contribution < 1.29 is 9.53 Å². The lowest BCUT2D eigenvalue weighted by Crippen LogP contribution is -2.44. The zero-order valence-electron chi connectivity index (χ0n) is 15.3. The summed E-state index contributed by atoms with van der Waals surface area (Å²) in [5.41, 5.74) is 2.17. The van der Waals surface area contributed by atoms with E-state index >= 15 is 0 Å². The fourth-order valence-corrected chi connectivity index (χ4v) is 5.87. The summed E-state index contributed by atoms with van der Waals surface area (Å²) in [5.74, 6) is 0.0264. The van der Waals surface area contributed by atoms with E-state index in [0.29, 0.717) is 6.54 Å². The van der Waals surface area contributed by atoms with Gasteiger partial charge < -0.3 is 15.4 Å². The molecule has 1 amide bonds. The van der Waals surface area contributed by atoms with E-state index in [4.69, 9.17) is 4.74 Å². The van der Waals surface area contributed by atoms with Gasteiger partial charge in [0, 0.05) is 29.1 Å². The van der Waals surface area contributed by atoms with Crippen LogP contribution in [-0.2, 0) is 23.2 Å². The number of fused-ring (bicyclic) bond motifs is 2. The molecule has 2 aromatic heterocycles. The highest BCUT2D eigenvalue weighted by Crippen LogP contribution is 2.43. The summed E-state index contributed by atoms with van der Waals surface area (Å²) < 4.78 is 6.21. The standard InChI is InChI=1S/C19H25N3O2S2/c1-12-13(2)25-17(22-12)3-7-21-18(23)16-11-14-15(26-16)4-10-24-19(14)5-8-20-9-6-19/h11,20H,3-10H2,1-2H3,(H,21,23). The molecule has 0 saturated carbocycles. The predicted molar refractivity (Wildman–Crippen MR) is 105 cm³/mol. The molecule has 2 N–H and O–H groups in total. The molecule has 0 unspecified atom stereocenters. The van der Waals surface area contributed by atoms with E-state index in [1.54, 1.807) is 22.7 Å². The average Bonchev–Trinajstić information content (AvgIpc) is 3.21. The fraction of sp³-hybridized carbons (Fsp3) is 0.579. The Balaban J connectivity index is 1.42. The number of rotatable bonds is 4. The Kier molecular flexibility index (Phi) is 5.14. The van der Waals surface area contributed by atoms with E-state index in [9.17, 15) is 4.79 Å². The highest BCUT2D eigenvalue weighted by atomic mass is 32.1. The van der Waals surface area contributed by atoms with E-state index in [0.717, 1.165) is 61.0 Å². The van der Waals surface area contributed by atoms with E-state index in [1.807, 2.05) is 6.92 Å². The van der Waals surface area contributed by atoms with Crippen LogP contribution in [0, 0.1) is 13.8 Å². The van der Waals surface area contributed by atoms with Gasteiger partial charge in [-0.3, -0.25) is 4.79 Å². The Morgan fingerprint density at radius 1 is 1.35 bits per heavy atom. The number of nitrogens with one attached hydrogen (secondary N) is 2. The maximum Gasteiger partial charge on any atom is 0.261 e. The third-order valence-electron chi connectivity index (χ3n) is 5.34. The number of thiophene rings is 1. The molecular weight excluding hydrogens is 366 g/mol. The normalized spacial score (nSPS) is 18.7. The van der Waals surface area contributed by atoms with Gasteiger partial charge in [0.05, 0.1) is 27.8 Å². The lowest BCUT2D eigenvalue weighted by atomic mass is 9.83. The minimum absolute atomic E-state index is 0.0264. The highest BCUT2D eigenvalue weighted by Gasteiger charge is 2.40. The molecular formula is C19H25N3O2S2. The minimum atomic E-state index is -0.177. The van der Waals surface area contributed by atoms with Crippen LogP contribution in [0.2, 0.25) is 0 Å². The molecule has 2 aliphatic rings. The van der Waals surface area contributed by atoms with Gasteiger partial charge in [0.1, 0.15) is 0 Å². The van der Waals surface area contributed by atoms with E-state index < -0.39 is 0 Å². The average molecular weight is 392 g/mol. The van der Waals surface area contributed by atoms with Crippen LogP contribution in [0.5, 0.6) is 0 Å². The molecule has 2 aromatic rings. The van der Waals surface area contributed by atoms with Gasteiger partial charge in [-0.15, -0.1) is 22.7 Å². The van der Waals surface area contributed by atoms with Crippen molar-refractivity contribution in [2.75, 3.05) is 26.2 Å². The summed E-state index contributed by atoms with van der Waals surface area (Å²) in [5, 5.41) is 7.56. The van der Waals surface area contributed by atoms with Gasteiger partial charge in [-0.05, 0) is 51.4 Å². The number of nitrogens with zero attached hydrogens (tertiary/aromatic N) is 1. The van der Waals surface area contributed by atoms with Crippen LogP contribution in [0.25, 0.3) is 0 Å². The second-order valence-electron chi connectivity index (χ2n) is 7.05. The molecule has 0 aromatic carbocycles. The third kappa shape index (κ3) is 3.45. The van der Waals surface area contributed by atoms with Crippen LogP contribution in [0.1, 0.15) is 48.5 Å². The molecule has 4 heterocycles. The van der Waals surface area contributed by atoms with Crippen molar-refractivity contribution in [3.8, 4) is 0 Å². The van der Waals surface area contributed by atoms with Crippen molar-refractivity contribution in [1.29, 1.82) is 0 Å². The fourth-order valence-electron chi connectivity index (χ4n) is 3.79. The second-order valence-corrected chi connectivity index (χ2v) is 9.47. The molecule has 26 heavy (non-hydrogen) atoms. The van der Waals surface area contributed by atoms with Crippen LogP contribution in [0.4, 0.5) is 0 Å². The first-order chi connectivity index (χ1) is 12.6. The van der Waals surface area contributed by atoms with Crippen molar-refractivity contribution in [2.45, 2.75) is 45.1 Å². The molecule has 0 bridgehead atoms. The van der Waals surface area contributed by atoms with Crippen LogP contribution >= 0.6 is 22.7 Å². The van der Waals surface area contributed by atoms with Crippen molar-refractivity contribution >= 4 is 28.6 Å². The maximum atomic E-state index is 12.6. The van der Waals surface area contributed by atoms with Crippen LogP contribution in [0.3, 0.4) is 0 Å². The van der Waals surface area contributed by atoms with Gasteiger partial charge >= 0.3 is 0 Å². The summed E-state index contributed by atoms with van der Waals surface area (Å²) in [6.45, 7) is 7.45. The number of piperidine rings is 1. The Morgan fingerprint density at radius 2 is 2.15 bits per heavy atom. The molecule has 0 radical (unpaired) electrons. The highest BCUT2D eigenvalue weighted by molar-refractivity contribution is 7.14. The number of carbonyl (C=O) groups is 1. The monoisotopic (exact) mass is 391 g/mol. The smallest absolute Gasteiger partial charge is 0.261 e.